The summed E-state index contributed by atoms with van der Waals surface area (Å²) in [6.45, 7) is 4.10. The second-order valence-electron chi connectivity index (χ2n) is 5.75. The molecule has 1 atom stereocenters. The smallest absolute Gasteiger partial charge is 0.191 e. The molecule has 3 N–H and O–H groups in total. The van der Waals surface area contributed by atoms with Gasteiger partial charge in [-0.15, -0.1) is 0 Å². The minimum atomic E-state index is -0.636. The summed E-state index contributed by atoms with van der Waals surface area (Å²) in [5, 5.41) is 16.9. The van der Waals surface area contributed by atoms with Crippen molar-refractivity contribution in [2.75, 3.05) is 38.2 Å². The van der Waals surface area contributed by atoms with Crippen LogP contribution >= 0.6 is 11.8 Å². The van der Waals surface area contributed by atoms with Crippen LogP contribution in [0.25, 0.3) is 0 Å². The number of hydrogen-bond acceptors (Lipinski definition) is 4. The fourth-order valence-corrected chi connectivity index (χ4v) is 3.69. The van der Waals surface area contributed by atoms with Crippen molar-refractivity contribution in [1.29, 1.82) is 0 Å². The van der Waals surface area contributed by atoms with E-state index in [1.165, 1.54) is 5.56 Å². The third-order valence-corrected chi connectivity index (χ3v) is 5.06. The first kappa shape index (κ1) is 17.9. The van der Waals surface area contributed by atoms with Gasteiger partial charge < -0.3 is 20.5 Å². The standard InChI is InChI=1S/C17H27N3O2S/c1-3-18-16(20-12-17(21)9-11-23-13-17)19-10-8-14-4-6-15(22-2)7-5-14/h4-7,21H,3,8-13H2,1-2H3,(H2,18,19,20). The van der Waals surface area contributed by atoms with Gasteiger partial charge in [0.2, 0.25) is 0 Å². The number of nitrogens with zero attached hydrogens (tertiary/aromatic N) is 1. The molecule has 1 aromatic carbocycles. The van der Waals surface area contributed by atoms with Crippen LogP contribution in [-0.2, 0) is 6.42 Å². The minimum absolute atomic E-state index is 0.456. The Bertz CT molecular complexity index is 499. The maximum Gasteiger partial charge on any atom is 0.191 e. The molecule has 5 nitrogen and oxygen atoms in total. The molecule has 0 saturated carbocycles. The molecule has 2 rings (SSSR count). The summed E-state index contributed by atoms with van der Waals surface area (Å²) in [6, 6.07) is 8.09. The van der Waals surface area contributed by atoms with E-state index in [0.29, 0.717) is 6.54 Å². The molecule has 0 amide bonds. The highest BCUT2D eigenvalue weighted by Gasteiger charge is 2.31. The van der Waals surface area contributed by atoms with Crippen LogP contribution in [-0.4, -0.2) is 54.9 Å². The van der Waals surface area contributed by atoms with Crippen LogP contribution in [0.3, 0.4) is 0 Å². The summed E-state index contributed by atoms with van der Waals surface area (Å²) in [5.74, 6) is 3.44. The number of ether oxygens (including phenoxy) is 1. The van der Waals surface area contributed by atoms with Crippen LogP contribution in [0.2, 0.25) is 0 Å². The number of hydrogen-bond donors (Lipinski definition) is 3. The van der Waals surface area contributed by atoms with E-state index < -0.39 is 5.60 Å². The van der Waals surface area contributed by atoms with Crippen molar-refractivity contribution in [3.8, 4) is 5.75 Å². The number of aliphatic hydroxyl groups is 1. The normalized spacial score (nSPS) is 21.3. The molecule has 0 aromatic heterocycles. The van der Waals surface area contributed by atoms with Crippen LogP contribution < -0.4 is 15.4 Å². The van der Waals surface area contributed by atoms with Gasteiger partial charge in [-0.2, -0.15) is 11.8 Å². The Hall–Kier alpha value is -1.40. The topological polar surface area (TPSA) is 65.9 Å². The fourth-order valence-electron chi connectivity index (χ4n) is 2.41. The van der Waals surface area contributed by atoms with Crippen LogP contribution in [0, 0.1) is 0 Å². The number of aliphatic imine (C=N–C) groups is 1. The number of rotatable bonds is 7. The highest BCUT2D eigenvalue weighted by atomic mass is 32.2. The largest absolute Gasteiger partial charge is 0.497 e. The van der Waals surface area contributed by atoms with Gasteiger partial charge in [0, 0.05) is 18.8 Å². The molecule has 1 unspecified atom stereocenters. The number of guanidine groups is 1. The van der Waals surface area contributed by atoms with E-state index in [2.05, 4.69) is 27.8 Å². The van der Waals surface area contributed by atoms with Gasteiger partial charge in [0.25, 0.3) is 0 Å². The maximum absolute atomic E-state index is 10.4. The first-order valence-corrected chi connectivity index (χ1v) is 9.26. The Balaban J connectivity index is 1.81. The molecule has 128 valence electrons. The van der Waals surface area contributed by atoms with Crippen LogP contribution in [0.15, 0.2) is 29.3 Å². The molecular formula is C17H27N3O2S. The van der Waals surface area contributed by atoms with Crippen molar-refractivity contribution in [3.05, 3.63) is 29.8 Å². The highest BCUT2D eigenvalue weighted by molar-refractivity contribution is 7.99. The molecular weight excluding hydrogens is 310 g/mol. The van der Waals surface area contributed by atoms with Crippen molar-refractivity contribution < 1.29 is 9.84 Å². The quantitative estimate of drug-likeness (QED) is 0.522. The summed E-state index contributed by atoms with van der Waals surface area (Å²) in [7, 11) is 1.67. The van der Waals surface area contributed by atoms with Gasteiger partial charge in [-0.1, -0.05) is 12.1 Å². The lowest BCUT2D eigenvalue weighted by atomic mass is 10.1. The average Bonchev–Trinajstić information content (AvgIpc) is 3.00. The first-order chi connectivity index (χ1) is 11.1. The third kappa shape index (κ3) is 5.95. The lowest BCUT2D eigenvalue weighted by molar-refractivity contribution is 0.0778. The summed E-state index contributed by atoms with van der Waals surface area (Å²) < 4.78 is 5.16. The predicted octanol–water partition coefficient (Wildman–Crippen LogP) is 1.66. The molecule has 1 heterocycles. The highest BCUT2D eigenvalue weighted by Crippen LogP contribution is 2.27. The summed E-state index contributed by atoms with van der Waals surface area (Å²) in [4.78, 5) is 4.54. The van der Waals surface area contributed by atoms with E-state index in [9.17, 15) is 5.11 Å². The van der Waals surface area contributed by atoms with Crippen LogP contribution in [0.5, 0.6) is 5.75 Å². The summed E-state index contributed by atoms with van der Waals surface area (Å²) >= 11 is 1.79. The Kier molecular flexibility index (Phi) is 7.05. The van der Waals surface area contributed by atoms with Crippen molar-refractivity contribution in [1.82, 2.24) is 10.6 Å². The Morgan fingerprint density at radius 2 is 2.13 bits per heavy atom. The monoisotopic (exact) mass is 337 g/mol. The minimum Gasteiger partial charge on any atom is -0.497 e. The van der Waals surface area contributed by atoms with Crippen LogP contribution in [0.1, 0.15) is 18.9 Å². The molecule has 1 aromatic rings. The zero-order valence-electron chi connectivity index (χ0n) is 14.0. The van der Waals surface area contributed by atoms with E-state index >= 15 is 0 Å². The average molecular weight is 337 g/mol. The van der Waals surface area contributed by atoms with Gasteiger partial charge in [0.15, 0.2) is 5.96 Å². The first-order valence-electron chi connectivity index (χ1n) is 8.10. The van der Waals surface area contributed by atoms with Gasteiger partial charge in [0.05, 0.1) is 19.3 Å². The zero-order valence-corrected chi connectivity index (χ0v) is 14.8. The molecule has 1 aliphatic heterocycles. The molecule has 1 fully saturated rings. The molecule has 1 aliphatic rings. The number of methoxy groups -OCH3 is 1. The van der Waals surface area contributed by atoms with E-state index in [1.807, 2.05) is 19.1 Å². The third-order valence-electron chi connectivity index (χ3n) is 3.82. The van der Waals surface area contributed by atoms with Gasteiger partial charge in [-0.25, -0.2) is 0 Å². The number of nitrogens with one attached hydrogen (secondary N) is 2. The Labute approximate surface area is 142 Å². The SMILES string of the molecule is CCNC(=NCC1(O)CCSC1)NCCc1ccc(OC)cc1. The van der Waals surface area contributed by atoms with E-state index in [1.54, 1.807) is 18.9 Å². The molecule has 0 aliphatic carbocycles. The lowest BCUT2D eigenvalue weighted by Gasteiger charge is -2.19. The van der Waals surface area contributed by atoms with Gasteiger partial charge in [-0.3, -0.25) is 4.99 Å². The number of thioether (sulfide) groups is 1. The van der Waals surface area contributed by atoms with Crippen LogP contribution in [0.4, 0.5) is 0 Å². The molecule has 1 saturated heterocycles. The zero-order chi connectivity index (χ0) is 16.5. The molecule has 23 heavy (non-hydrogen) atoms. The molecule has 0 radical (unpaired) electrons. The predicted molar refractivity (Wildman–Crippen MR) is 97.6 cm³/mol. The van der Waals surface area contributed by atoms with E-state index in [-0.39, 0.29) is 0 Å². The lowest BCUT2D eigenvalue weighted by Crippen LogP contribution is -2.40. The van der Waals surface area contributed by atoms with E-state index in [4.69, 9.17) is 4.74 Å². The summed E-state index contributed by atoms with van der Waals surface area (Å²) in [6.07, 6.45) is 1.74. The molecule has 0 spiro atoms. The van der Waals surface area contributed by atoms with Crippen molar-refractivity contribution in [2.24, 2.45) is 4.99 Å². The Morgan fingerprint density at radius 1 is 1.35 bits per heavy atom. The maximum atomic E-state index is 10.4. The van der Waals surface area contributed by atoms with Crippen molar-refractivity contribution >= 4 is 17.7 Å². The van der Waals surface area contributed by atoms with Gasteiger partial charge in [-0.05, 0) is 43.2 Å². The second kappa shape index (κ2) is 9.03. The van der Waals surface area contributed by atoms with Crippen molar-refractivity contribution in [2.45, 2.75) is 25.4 Å². The number of benzene rings is 1. The van der Waals surface area contributed by atoms with Crippen molar-refractivity contribution in [3.63, 3.8) is 0 Å². The molecule has 0 bridgehead atoms. The second-order valence-corrected chi connectivity index (χ2v) is 6.85. The van der Waals surface area contributed by atoms with E-state index in [0.717, 1.165) is 49.1 Å². The summed E-state index contributed by atoms with van der Waals surface area (Å²) in [5.41, 5.74) is 0.614. The fraction of sp³-hybridized carbons (Fsp3) is 0.588. The van der Waals surface area contributed by atoms with Gasteiger partial charge >= 0.3 is 0 Å². The van der Waals surface area contributed by atoms with Gasteiger partial charge in [0.1, 0.15) is 5.75 Å². The Morgan fingerprint density at radius 3 is 2.74 bits per heavy atom. The molecule has 6 heteroatoms.